The number of H-pyrrole nitrogens is 1. The highest BCUT2D eigenvalue weighted by atomic mass is 79.9. The maximum Gasteiger partial charge on any atom is 0.267 e. The zero-order chi connectivity index (χ0) is 11.8. The Morgan fingerprint density at radius 3 is 2.94 bits per heavy atom. The largest absolute Gasteiger partial charge is 0.356 e. The summed E-state index contributed by atoms with van der Waals surface area (Å²) in [5, 5.41) is 3.05. The molecule has 0 spiro atoms. The summed E-state index contributed by atoms with van der Waals surface area (Å²) >= 11 is 3.33. The highest BCUT2D eigenvalue weighted by Gasteiger charge is 2.39. The number of fused-ring (bicyclic) bond motifs is 2. The number of hydrogen-bond donors (Lipinski definition) is 2. The molecule has 1 aromatic rings. The van der Waals surface area contributed by atoms with E-state index in [1.54, 1.807) is 6.20 Å². The third kappa shape index (κ3) is 2.28. The minimum absolute atomic E-state index is 0.0125. The van der Waals surface area contributed by atoms with Crippen LogP contribution in [0.5, 0.6) is 0 Å². The van der Waals surface area contributed by atoms with Crippen molar-refractivity contribution in [2.75, 3.05) is 6.54 Å². The van der Waals surface area contributed by atoms with Crippen LogP contribution >= 0.6 is 15.9 Å². The van der Waals surface area contributed by atoms with Gasteiger partial charge in [0.25, 0.3) is 5.91 Å². The van der Waals surface area contributed by atoms with Crippen molar-refractivity contribution >= 4 is 21.8 Å². The molecule has 1 heterocycles. The molecule has 2 aliphatic rings. The Hall–Kier alpha value is -0.770. The molecule has 4 heteroatoms. The van der Waals surface area contributed by atoms with Crippen molar-refractivity contribution in [2.24, 2.45) is 17.8 Å². The van der Waals surface area contributed by atoms with Crippen molar-refractivity contribution in [3.63, 3.8) is 0 Å². The van der Waals surface area contributed by atoms with Crippen molar-refractivity contribution in [1.29, 1.82) is 0 Å². The van der Waals surface area contributed by atoms with E-state index in [1.165, 1.54) is 25.7 Å². The molecule has 0 saturated heterocycles. The van der Waals surface area contributed by atoms with E-state index in [0.717, 1.165) is 28.8 Å². The van der Waals surface area contributed by atoms with Crippen LogP contribution in [0.25, 0.3) is 0 Å². The van der Waals surface area contributed by atoms with Crippen LogP contribution in [0.1, 0.15) is 36.2 Å². The molecular weight excluding hydrogens is 280 g/mol. The summed E-state index contributed by atoms with van der Waals surface area (Å²) in [5.41, 5.74) is 0.639. The normalized spacial score (nSPS) is 30.8. The summed E-state index contributed by atoms with van der Waals surface area (Å²) in [4.78, 5) is 14.8. The molecule has 3 unspecified atom stereocenters. The van der Waals surface area contributed by atoms with Crippen molar-refractivity contribution in [3.8, 4) is 0 Å². The van der Waals surface area contributed by atoms with E-state index in [9.17, 15) is 4.79 Å². The number of carbonyl (C=O) groups is 1. The van der Waals surface area contributed by atoms with Gasteiger partial charge >= 0.3 is 0 Å². The summed E-state index contributed by atoms with van der Waals surface area (Å²) in [6.45, 7) is 0.844. The second-order valence-electron chi connectivity index (χ2n) is 5.38. The standard InChI is InChI=1S/C13H17BrN2O/c14-11-5-12(15-7-11)13(17)16-6-10-4-8-1-2-9(10)3-8/h5,7-10,15H,1-4,6H2,(H,16,17). The first-order valence-corrected chi connectivity index (χ1v) is 7.14. The van der Waals surface area contributed by atoms with Gasteiger partial charge in [0, 0.05) is 17.2 Å². The Balaban J connectivity index is 1.53. The first-order valence-electron chi connectivity index (χ1n) is 6.34. The molecule has 2 bridgehead atoms. The van der Waals surface area contributed by atoms with Gasteiger partial charge in [0.15, 0.2) is 0 Å². The molecule has 2 saturated carbocycles. The highest BCUT2D eigenvalue weighted by Crippen LogP contribution is 2.47. The first-order chi connectivity index (χ1) is 8.22. The number of hydrogen-bond acceptors (Lipinski definition) is 1. The fraction of sp³-hybridized carbons (Fsp3) is 0.615. The van der Waals surface area contributed by atoms with E-state index in [0.29, 0.717) is 5.69 Å². The van der Waals surface area contributed by atoms with Gasteiger partial charge in [0.05, 0.1) is 0 Å². The van der Waals surface area contributed by atoms with Gasteiger partial charge in [-0.25, -0.2) is 0 Å². The van der Waals surface area contributed by atoms with Crippen LogP contribution in [-0.2, 0) is 0 Å². The topological polar surface area (TPSA) is 44.9 Å². The predicted molar refractivity (Wildman–Crippen MR) is 69.8 cm³/mol. The molecule has 2 aliphatic carbocycles. The van der Waals surface area contributed by atoms with E-state index < -0.39 is 0 Å². The second kappa shape index (κ2) is 4.48. The van der Waals surface area contributed by atoms with E-state index in [4.69, 9.17) is 0 Å². The van der Waals surface area contributed by atoms with Crippen LogP contribution in [0.2, 0.25) is 0 Å². The zero-order valence-corrected chi connectivity index (χ0v) is 11.3. The number of aromatic nitrogens is 1. The number of halogens is 1. The molecule has 3 rings (SSSR count). The number of carbonyl (C=O) groups excluding carboxylic acids is 1. The van der Waals surface area contributed by atoms with Crippen LogP contribution in [0.15, 0.2) is 16.7 Å². The van der Waals surface area contributed by atoms with Gasteiger partial charge < -0.3 is 10.3 Å². The smallest absolute Gasteiger partial charge is 0.267 e. The SMILES string of the molecule is O=C(NCC1CC2CCC1C2)c1cc(Br)c[nH]1. The van der Waals surface area contributed by atoms with Gasteiger partial charge in [-0.05, 0) is 59.0 Å². The number of aromatic amines is 1. The maximum atomic E-state index is 11.9. The molecule has 3 atom stereocenters. The van der Waals surface area contributed by atoms with Crippen molar-refractivity contribution in [1.82, 2.24) is 10.3 Å². The molecule has 1 aromatic heterocycles. The molecule has 2 N–H and O–H groups in total. The average molecular weight is 297 g/mol. The number of amides is 1. The molecule has 92 valence electrons. The maximum absolute atomic E-state index is 11.9. The lowest BCUT2D eigenvalue weighted by molar-refractivity contribution is 0.0937. The van der Waals surface area contributed by atoms with E-state index >= 15 is 0 Å². The minimum Gasteiger partial charge on any atom is -0.356 e. The van der Waals surface area contributed by atoms with Crippen LogP contribution in [-0.4, -0.2) is 17.4 Å². The summed E-state index contributed by atoms with van der Waals surface area (Å²) < 4.78 is 0.919. The first kappa shape index (κ1) is 11.3. The molecular formula is C13H17BrN2O. The third-order valence-electron chi connectivity index (χ3n) is 4.30. The van der Waals surface area contributed by atoms with Crippen LogP contribution in [0, 0.1) is 17.8 Å². The van der Waals surface area contributed by atoms with Gasteiger partial charge in [-0.2, -0.15) is 0 Å². The second-order valence-corrected chi connectivity index (χ2v) is 6.29. The van der Waals surface area contributed by atoms with Crippen LogP contribution in [0.4, 0.5) is 0 Å². The van der Waals surface area contributed by atoms with Gasteiger partial charge in [-0.1, -0.05) is 6.42 Å². The Bertz CT molecular complexity index is 429. The summed E-state index contributed by atoms with van der Waals surface area (Å²) in [6, 6.07) is 1.82. The Labute approximate surface area is 109 Å². The van der Waals surface area contributed by atoms with Crippen molar-refractivity contribution in [3.05, 3.63) is 22.4 Å². The lowest BCUT2D eigenvalue weighted by Crippen LogP contribution is -2.31. The van der Waals surface area contributed by atoms with E-state index in [1.807, 2.05) is 6.07 Å². The number of nitrogens with one attached hydrogen (secondary N) is 2. The zero-order valence-electron chi connectivity index (χ0n) is 9.71. The lowest BCUT2D eigenvalue weighted by atomic mass is 9.89. The molecule has 2 fully saturated rings. The van der Waals surface area contributed by atoms with E-state index in [2.05, 4.69) is 26.2 Å². The molecule has 1 amide bonds. The van der Waals surface area contributed by atoms with Crippen molar-refractivity contribution in [2.45, 2.75) is 25.7 Å². The average Bonchev–Trinajstić information content (AvgIpc) is 3.01. The summed E-state index contributed by atoms with van der Waals surface area (Å²) in [7, 11) is 0. The highest BCUT2D eigenvalue weighted by molar-refractivity contribution is 9.10. The molecule has 17 heavy (non-hydrogen) atoms. The Kier molecular flexibility index (Phi) is 2.99. The molecule has 0 radical (unpaired) electrons. The molecule has 3 nitrogen and oxygen atoms in total. The Morgan fingerprint density at radius 2 is 2.35 bits per heavy atom. The lowest BCUT2D eigenvalue weighted by Gasteiger charge is -2.21. The molecule has 0 aliphatic heterocycles. The van der Waals surface area contributed by atoms with E-state index in [-0.39, 0.29) is 5.91 Å². The quantitative estimate of drug-likeness (QED) is 0.885. The van der Waals surface area contributed by atoms with Crippen LogP contribution < -0.4 is 5.32 Å². The van der Waals surface area contributed by atoms with Gasteiger partial charge in [0.2, 0.25) is 0 Å². The predicted octanol–water partition coefficient (Wildman–Crippen LogP) is 2.94. The van der Waals surface area contributed by atoms with Crippen molar-refractivity contribution < 1.29 is 4.79 Å². The third-order valence-corrected chi connectivity index (χ3v) is 4.76. The van der Waals surface area contributed by atoms with Gasteiger partial charge in [-0.15, -0.1) is 0 Å². The summed E-state index contributed by atoms with van der Waals surface area (Å²) in [5.74, 6) is 2.55. The molecule has 0 aromatic carbocycles. The van der Waals surface area contributed by atoms with Gasteiger partial charge in [-0.3, -0.25) is 4.79 Å². The van der Waals surface area contributed by atoms with Gasteiger partial charge in [0.1, 0.15) is 5.69 Å². The number of rotatable bonds is 3. The minimum atomic E-state index is 0.0125. The monoisotopic (exact) mass is 296 g/mol. The fourth-order valence-corrected chi connectivity index (χ4v) is 3.79. The fourth-order valence-electron chi connectivity index (χ4n) is 3.44. The van der Waals surface area contributed by atoms with Crippen LogP contribution in [0.3, 0.4) is 0 Å². The summed E-state index contributed by atoms with van der Waals surface area (Å²) in [6.07, 6.45) is 7.29. The Morgan fingerprint density at radius 1 is 1.47 bits per heavy atom.